The van der Waals surface area contributed by atoms with Crippen LogP contribution in [0.15, 0.2) is 140 Å². The SMILES string of the molecule is [2H]C([2H])([2H])c1ccc(-c2ccc3sc4c(-c5nc6ccccc6n5-c5cccc6ccccc56)cccc4c3c2)c2ccccc12. The lowest BCUT2D eigenvalue weighted by atomic mass is 9.94. The molecule has 3 heteroatoms. The molecule has 0 spiro atoms. The van der Waals surface area contributed by atoms with Gasteiger partial charge in [-0.3, -0.25) is 4.57 Å². The van der Waals surface area contributed by atoms with Crippen molar-refractivity contribution in [3.05, 3.63) is 145 Å². The van der Waals surface area contributed by atoms with Crippen LogP contribution in [0, 0.1) is 6.85 Å². The Kier molecular flexibility index (Phi) is 4.68. The molecule has 9 rings (SSSR count). The molecular weight excluding hydrogens is 541 g/mol. The van der Waals surface area contributed by atoms with Gasteiger partial charge in [0.05, 0.1) is 16.7 Å². The Bertz CT molecular complexity index is 2640. The third-order valence-electron chi connectivity index (χ3n) is 8.54. The van der Waals surface area contributed by atoms with Crippen LogP contribution >= 0.6 is 11.3 Å². The average Bonchev–Trinajstić information content (AvgIpc) is 3.65. The van der Waals surface area contributed by atoms with Gasteiger partial charge in [0.25, 0.3) is 0 Å². The zero-order chi connectivity index (χ0) is 31.0. The van der Waals surface area contributed by atoms with Crippen LogP contribution in [0.25, 0.3) is 81.0 Å². The van der Waals surface area contributed by atoms with E-state index in [1.165, 1.54) is 30.9 Å². The standard InChI is InChI=1S/C40H26N2S/c1-25-20-22-29(31-14-5-4-12-28(25)31)27-21-23-38-34(24-27)32-15-9-16-33(39(32)43-38)40-41-35-17-6-7-18-37(35)42(40)36-19-8-11-26-10-2-3-13-30(26)36/h2-24H,1H3/i1D3. The lowest BCUT2D eigenvalue weighted by Crippen LogP contribution is -1.98. The maximum absolute atomic E-state index is 8.07. The first-order valence-corrected chi connectivity index (χ1v) is 15.2. The van der Waals surface area contributed by atoms with E-state index in [1.54, 1.807) is 17.4 Å². The van der Waals surface area contributed by atoms with Crippen LogP contribution in [0.1, 0.15) is 9.68 Å². The Morgan fingerprint density at radius 1 is 0.605 bits per heavy atom. The topological polar surface area (TPSA) is 17.8 Å². The predicted octanol–water partition coefficient (Wildman–Crippen LogP) is 11.3. The first-order valence-electron chi connectivity index (χ1n) is 15.9. The molecule has 0 amide bonds. The minimum absolute atomic E-state index is 0.382. The number of aryl methyl sites for hydroxylation is 1. The summed E-state index contributed by atoms with van der Waals surface area (Å²) >= 11 is 1.79. The summed E-state index contributed by atoms with van der Waals surface area (Å²) in [6.07, 6.45) is 0. The van der Waals surface area contributed by atoms with E-state index in [2.05, 4.69) is 102 Å². The van der Waals surface area contributed by atoms with Gasteiger partial charge < -0.3 is 0 Å². The molecule has 0 radical (unpaired) electrons. The van der Waals surface area contributed by atoms with Crippen molar-refractivity contribution in [3.8, 4) is 28.2 Å². The third-order valence-corrected chi connectivity index (χ3v) is 9.76. The summed E-state index contributed by atoms with van der Waals surface area (Å²) in [5.74, 6) is 0.918. The average molecular weight is 570 g/mol. The number of aromatic nitrogens is 2. The fourth-order valence-electron chi connectivity index (χ4n) is 6.55. The van der Waals surface area contributed by atoms with E-state index in [4.69, 9.17) is 9.10 Å². The van der Waals surface area contributed by atoms with Crippen molar-refractivity contribution >= 4 is 64.1 Å². The van der Waals surface area contributed by atoms with Crippen LogP contribution in [0.2, 0.25) is 0 Å². The fraction of sp³-hybridized carbons (Fsp3) is 0.0250. The zero-order valence-electron chi connectivity index (χ0n) is 26.1. The van der Waals surface area contributed by atoms with E-state index in [0.29, 0.717) is 5.56 Å². The van der Waals surface area contributed by atoms with Gasteiger partial charge >= 0.3 is 0 Å². The highest BCUT2D eigenvalue weighted by Crippen LogP contribution is 2.43. The van der Waals surface area contributed by atoms with E-state index in [0.717, 1.165) is 50.0 Å². The molecule has 0 fully saturated rings. The fourth-order valence-corrected chi connectivity index (χ4v) is 7.74. The number of hydrogen-bond donors (Lipinski definition) is 0. The molecule has 9 aromatic rings. The minimum Gasteiger partial charge on any atom is -0.292 e. The molecule has 0 unspecified atom stereocenters. The van der Waals surface area contributed by atoms with Gasteiger partial charge in [-0.2, -0.15) is 0 Å². The van der Waals surface area contributed by atoms with Crippen LogP contribution in [0.3, 0.4) is 0 Å². The van der Waals surface area contributed by atoms with Crippen molar-refractivity contribution in [1.29, 1.82) is 0 Å². The molecular formula is C40H26N2S. The number of benzene rings is 7. The summed E-state index contributed by atoms with van der Waals surface area (Å²) in [6, 6.07) is 47.9. The van der Waals surface area contributed by atoms with Crippen LogP contribution in [0.5, 0.6) is 0 Å². The van der Waals surface area contributed by atoms with Crippen molar-refractivity contribution < 1.29 is 4.11 Å². The molecule has 2 nitrogen and oxygen atoms in total. The second-order valence-corrected chi connectivity index (χ2v) is 12.0. The van der Waals surface area contributed by atoms with Crippen LogP contribution < -0.4 is 0 Å². The van der Waals surface area contributed by atoms with Crippen molar-refractivity contribution in [2.24, 2.45) is 0 Å². The molecule has 202 valence electrons. The number of rotatable bonds is 3. The quantitative estimate of drug-likeness (QED) is 0.207. The summed E-state index contributed by atoms with van der Waals surface area (Å²) in [4.78, 5) is 5.24. The molecule has 0 atom stereocenters. The van der Waals surface area contributed by atoms with E-state index in [9.17, 15) is 0 Å². The number of imidazole rings is 1. The van der Waals surface area contributed by atoms with Gasteiger partial charge in [-0.25, -0.2) is 4.98 Å². The van der Waals surface area contributed by atoms with Gasteiger partial charge in [0, 0.05) is 35.2 Å². The molecule has 43 heavy (non-hydrogen) atoms. The Hall–Kier alpha value is -5.25. The zero-order valence-corrected chi connectivity index (χ0v) is 23.9. The number of nitrogens with zero attached hydrogens (tertiary/aromatic N) is 2. The van der Waals surface area contributed by atoms with Crippen molar-refractivity contribution in [2.45, 2.75) is 6.85 Å². The number of fused-ring (bicyclic) bond motifs is 6. The Morgan fingerprint density at radius 2 is 1.37 bits per heavy atom. The largest absolute Gasteiger partial charge is 0.292 e. The second kappa shape index (κ2) is 9.38. The highest BCUT2D eigenvalue weighted by molar-refractivity contribution is 7.26. The molecule has 0 saturated carbocycles. The van der Waals surface area contributed by atoms with E-state index in [1.807, 2.05) is 36.4 Å². The highest BCUT2D eigenvalue weighted by Gasteiger charge is 2.20. The first kappa shape index (κ1) is 21.5. The van der Waals surface area contributed by atoms with E-state index >= 15 is 0 Å². The number of hydrogen-bond acceptors (Lipinski definition) is 2. The highest BCUT2D eigenvalue weighted by atomic mass is 32.1. The Morgan fingerprint density at radius 3 is 2.30 bits per heavy atom. The number of thiophene rings is 1. The molecule has 0 aliphatic rings. The molecule has 7 aromatic carbocycles. The second-order valence-electron chi connectivity index (χ2n) is 11.0. The molecule has 0 aliphatic carbocycles. The number of para-hydroxylation sites is 2. The van der Waals surface area contributed by atoms with Crippen molar-refractivity contribution in [3.63, 3.8) is 0 Å². The maximum Gasteiger partial charge on any atom is 0.147 e. The molecule has 0 bridgehead atoms. The van der Waals surface area contributed by atoms with Crippen molar-refractivity contribution in [2.75, 3.05) is 0 Å². The maximum atomic E-state index is 8.07. The Balaban J connectivity index is 1.28. The van der Waals surface area contributed by atoms with Crippen molar-refractivity contribution in [1.82, 2.24) is 9.55 Å². The smallest absolute Gasteiger partial charge is 0.147 e. The van der Waals surface area contributed by atoms with E-state index in [-0.39, 0.29) is 0 Å². The first-order chi connectivity index (χ1) is 22.5. The lowest BCUT2D eigenvalue weighted by Gasteiger charge is -2.13. The lowest BCUT2D eigenvalue weighted by molar-refractivity contribution is 1.12. The van der Waals surface area contributed by atoms with Gasteiger partial charge in [0.15, 0.2) is 0 Å². The summed E-state index contributed by atoms with van der Waals surface area (Å²) in [6.45, 7) is -2.18. The van der Waals surface area contributed by atoms with Gasteiger partial charge in [0.2, 0.25) is 0 Å². The molecule has 2 aromatic heterocycles. The minimum atomic E-state index is -2.18. The summed E-state index contributed by atoms with van der Waals surface area (Å²) in [7, 11) is 0. The Labute approximate surface area is 257 Å². The summed E-state index contributed by atoms with van der Waals surface area (Å²) in [5, 5.41) is 6.44. The van der Waals surface area contributed by atoms with Crippen LogP contribution in [-0.4, -0.2) is 9.55 Å². The predicted molar refractivity (Wildman–Crippen MR) is 185 cm³/mol. The summed E-state index contributed by atoms with van der Waals surface area (Å²) < 4.78 is 28.9. The molecule has 0 saturated heterocycles. The molecule has 0 aliphatic heterocycles. The summed E-state index contributed by atoms with van der Waals surface area (Å²) in [5.41, 5.74) is 6.70. The van der Waals surface area contributed by atoms with Crippen LogP contribution in [0.4, 0.5) is 0 Å². The van der Waals surface area contributed by atoms with Gasteiger partial charge in [0.1, 0.15) is 5.82 Å². The van der Waals surface area contributed by atoms with Gasteiger partial charge in [-0.05, 0) is 76.1 Å². The third kappa shape index (κ3) is 3.68. The monoisotopic (exact) mass is 569 g/mol. The normalized spacial score (nSPS) is 13.2. The van der Waals surface area contributed by atoms with Gasteiger partial charge in [-0.15, -0.1) is 11.3 Å². The van der Waals surface area contributed by atoms with E-state index < -0.39 is 6.85 Å². The van der Waals surface area contributed by atoms with Gasteiger partial charge in [-0.1, -0.05) is 103 Å². The molecule has 2 heterocycles. The molecule has 0 N–H and O–H groups in total. The van der Waals surface area contributed by atoms with Crippen LogP contribution in [-0.2, 0) is 0 Å².